The van der Waals surface area contributed by atoms with Crippen LogP contribution in [0, 0.1) is 5.82 Å². The Hall–Kier alpha value is -4.34. The number of hydrogen-bond acceptors (Lipinski definition) is 8. The predicted octanol–water partition coefficient (Wildman–Crippen LogP) is 2.54. The molecule has 0 fully saturated rings. The maximum absolute atomic E-state index is 13.9. The third-order valence-electron chi connectivity index (χ3n) is 4.11. The highest BCUT2D eigenvalue weighted by Gasteiger charge is 2.12. The van der Waals surface area contributed by atoms with Crippen molar-refractivity contribution >= 4 is 11.4 Å². The average molecular weight is 406 g/mol. The van der Waals surface area contributed by atoms with Gasteiger partial charge in [0, 0.05) is 17.8 Å². The van der Waals surface area contributed by atoms with Crippen molar-refractivity contribution in [3.05, 3.63) is 94.6 Å². The van der Waals surface area contributed by atoms with E-state index in [2.05, 4.69) is 25.1 Å². The number of rotatable bonds is 6. The fourth-order valence-corrected chi connectivity index (χ4v) is 2.61. The molecule has 4 aromatic rings. The zero-order valence-corrected chi connectivity index (χ0v) is 15.4. The van der Waals surface area contributed by atoms with Crippen LogP contribution in [0.25, 0.3) is 17.2 Å². The fraction of sp³-hybridized carbons (Fsp3) is 0.0500. The van der Waals surface area contributed by atoms with Crippen molar-refractivity contribution in [1.82, 2.24) is 20.1 Å². The van der Waals surface area contributed by atoms with E-state index in [0.717, 1.165) is 0 Å². The number of aromatic nitrogens is 4. The van der Waals surface area contributed by atoms with Gasteiger partial charge in [-0.2, -0.15) is 0 Å². The van der Waals surface area contributed by atoms with Gasteiger partial charge < -0.3 is 19.7 Å². The molecule has 0 radical (unpaired) electrons. The molecule has 0 aliphatic carbocycles. The van der Waals surface area contributed by atoms with Gasteiger partial charge in [0.25, 0.3) is 5.56 Å². The minimum absolute atomic E-state index is 0.0612. The molecule has 3 N–H and O–H groups in total. The van der Waals surface area contributed by atoms with Crippen LogP contribution in [0.1, 0.15) is 17.1 Å². The van der Waals surface area contributed by atoms with Crippen LogP contribution in [0.2, 0.25) is 0 Å². The summed E-state index contributed by atoms with van der Waals surface area (Å²) < 4.78 is 23.9. The molecule has 4 rings (SSSR count). The van der Waals surface area contributed by atoms with Gasteiger partial charge in [-0.3, -0.25) is 9.79 Å². The Morgan fingerprint density at radius 2 is 2.10 bits per heavy atom. The first-order valence-electron chi connectivity index (χ1n) is 8.77. The van der Waals surface area contributed by atoms with Gasteiger partial charge in [0.2, 0.25) is 5.89 Å². The van der Waals surface area contributed by atoms with E-state index in [9.17, 15) is 9.18 Å². The molecule has 0 unspecified atom stereocenters. The third kappa shape index (κ3) is 4.07. The van der Waals surface area contributed by atoms with Crippen LogP contribution in [-0.4, -0.2) is 25.8 Å². The molecule has 0 saturated carbocycles. The summed E-state index contributed by atoms with van der Waals surface area (Å²) in [6.07, 6.45) is 6.94. The second-order valence-electron chi connectivity index (χ2n) is 6.09. The van der Waals surface area contributed by atoms with Gasteiger partial charge in [0.1, 0.15) is 29.6 Å². The number of oxazole rings is 1. The van der Waals surface area contributed by atoms with Gasteiger partial charge in [-0.05, 0) is 12.1 Å². The smallest absolute Gasteiger partial charge is 0.263 e. The topological polar surface area (TPSA) is 136 Å². The number of halogens is 1. The highest BCUT2D eigenvalue weighted by atomic mass is 19.1. The van der Waals surface area contributed by atoms with E-state index in [1.54, 1.807) is 24.3 Å². The molecule has 3 aromatic heterocycles. The standard InChI is InChI=1S/C20H15FN6O3/c21-14-4-2-1-3-12(14)10-24-17(16-5-7-30-27-16)9-15(22)18-25-11-13(19(28)26-18)20-23-6-8-29-20/h1-9,11H,10,22H2,(H,25,26,28)/b15-9-,24-17?. The number of nitrogens with one attached hydrogen (secondary N) is 1. The normalized spacial score (nSPS) is 12.3. The van der Waals surface area contributed by atoms with E-state index in [4.69, 9.17) is 14.7 Å². The first-order valence-corrected chi connectivity index (χ1v) is 8.77. The van der Waals surface area contributed by atoms with Crippen LogP contribution in [0.5, 0.6) is 0 Å². The van der Waals surface area contributed by atoms with E-state index in [1.807, 2.05) is 0 Å². The van der Waals surface area contributed by atoms with Crippen molar-refractivity contribution in [1.29, 1.82) is 0 Å². The summed E-state index contributed by atoms with van der Waals surface area (Å²) in [5.41, 5.74) is 7.08. The molecule has 0 aliphatic rings. The van der Waals surface area contributed by atoms with Gasteiger partial charge in [-0.1, -0.05) is 23.4 Å². The van der Waals surface area contributed by atoms with Crippen LogP contribution >= 0.6 is 0 Å². The van der Waals surface area contributed by atoms with Crippen LogP contribution in [-0.2, 0) is 6.54 Å². The first kappa shape index (κ1) is 19.0. The van der Waals surface area contributed by atoms with Crippen molar-refractivity contribution in [3.8, 4) is 11.5 Å². The number of nitrogens with zero attached hydrogens (tertiary/aromatic N) is 4. The first-order chi connectivity index (χ1) is 14.6. The maximum atomic E-state index is 13.9. The second kappa shape index (κ2) is 8.35. The van der Waals surface area contributed by atoms with E-state index < -0.39 is 5.56 Å². The quantitative estimate of drug-likeness (QED) is 0.470. The fourth-order valence-electron chi connectivity index (χ4n) is 2.61. The van der Waals surface area contributed by atoms with E-state index in [1.165, 1.54) is 37.1 Å². The highest BCUT2D eigenvalue weighted by Crippen LogP contribution is 2.13. The summed E-state index contributed by atoms with van der Waals surface area (Å²) in [5.74, 6) is -0.101. The number of benzene rings is 1. The zero-order chi connectivity index (χ0) is 20.9. The van der Waals surface area contributed by atoms with Crippen molar-refractivity contribution in [2.45, 2.75) is 6.54 Å². The Labute approximate surface area is 168 Å². The summed E-state index contributed by atoms with van der Waals surface area (Å²) in [7, 11) is 0. The lowest BCUT2D eigenvalue weighted by molar-refractivity contribution is 0.418. The Balaban J connectivity index is 1.66. The van der Waals surface area contributed by atoms with Crippen molar-refractivity contribution in [2.75, 3.05) is 0 Å². The number of aliphatic imine (C=N–C) groups is 1. The van der Waals surface area contributed by atoms with Crippen molar-refractivity contribution in [3.63, 3.8) is 0 Å². The maximum Gasteiger partial charge on any atom is 0.263 e. The van der Waals surface area contributed by atoms with Crippen LogP contribution in [0.4, 0.5) is 4.39 Å². The lowest BCUT2D eigenvalue weighted by Gasteiger charge is -2.04. The van der Waals surface area contributed by atoms with E-state index in [0.29, 0.717) is 17.0 Å². The third-order valence-corrected chi connectivity index (χ3v) is 4.11. The lowest BCUT2D eigenvalue weighted by atomic mass is 10.2. The number of nitrogens with two attached hydrogens (primary N) is 1. The Morgan fingerprint density at radius 3 is 2.80 bits per heavy atom. The summed E-state index contributed by atoms with van der Waals surface area (Å²) in [4.78, 5) is 27.4. The number of hydrogen-bond donors (Lipinski definition) is 2. The van der Waals surface area contributed by atoms with Gasteiger partial charge in [0.05, 0.1) is 24.2 Å². The molecule has 0 bridgehead atoms. The molecule has 0 spiro atoms. The van der Waals surface area contributed by atoms with E-state index in [-0.39, 0.29) is 35.3 Å². The van der Waals surface area contributed by atoms with Gasteiger partial charge >= 0.3 is 0 Å². The zero-order valence-electron chi connectivity index (χ0n) is 15.4. The molecule has 150 valence electrons. The summed E-state index contributed by atoms with van der Waals surface area (Å²) >= 11 is 0. The molecule has 0 saturated heterocycles. The highest BCUT2D eigenvalue weighted by molar-refractivity contribution is 6.10. The summed E-state index contributed by atoms with van der Waals surface area (Å²) in [5, 5.41) is 3.85. The second-order valence-corrected chi connectivity index (χ2v) is 6.09. The molecule has 0 amide bonds. The Morgan fingerprint density at radius 1 is 1.23 bits per heavy atom. The Bertz CT molecular complexity index is 1260. The lowest BCUT2D eigenvalue weighted by Crippen LogP contribution is -2.16. The number of aromatic amines is 1. The molecule has 0 atom stereocenters. The minimum Gasteiger partial charge on any atom is -0.444 e. The molecule has 30 heavy (non-hydrogen) atoms. The number of H-pyrrole nitrogens is 1. The van der Waals surface area contributed by atoms with Gasteiger partial charge in [-0.25, -0.2) is 14.4 Å². The van der Waals surface area contributed by atoms with Crippen molar-refractivity contribution < 1.29 is 13.3 Å². The van der Waals surface area contributed by atoms with Crippen LogP contribution in [0.3, 0.4) is 0 Å². The molecular weight excluding hydrogens is 391 g/mol. The molecular formula is C20H15FN6O3. The number of allylic oxidation sites excluding steroid dienone is 1. The Kier molecular flexibility index (Phi) is 5.29. The summed E-state index contributed by atoms with van der Waals surface area (Å²) in [6.45, 7) is 0.0612. The van der Waals surface area contributed by atoms with Crippen LogP contribution < -0.4 is 11.3 Å². The minimum atomic E-state index is -0.468. The van der Waals surface area contributed by atoms with E-state index >= 15 is 0 Å². The summed E-state index contributed by atoms with van der Waals surface area (Å²) in [6, 6.07) is 7.90. The molecule has 9 nitrogen and oxygen atoms in total. The van der Waals surface area contributed by atoms with Gasteiger partial charge in [-0.15, -0.1) is 0 Å². The monoisotopic (exact) mass is 406 g/mol. The molecule has 1 aromatic carbocycles. The average Bonchev–Trinajstić information content (AvgIpc) is 3.46. The van der Waals surface area contributed by atoms with Gasteiger partial charge in [0.15, 0.2) is 5.82 Å². The largest absolute Gasteiger partial charge is 0.444 e. The molecule has 0 aliphatic heterocycles. The van der Waals surface area contributed by atoms with Crippen molar-refractivity contribution in [2.24, 2.45) is 10.7 Å². The molecule has 10 heteroatoms. The predicted molar refractivity (Wildman–Crippen MR) is 106 cm³/mol. The molecule has 3 heterocycles. The SMILES string of the molecule is N/C(=C\C(=NCc1ccccc1F)c1ccon1)c1ncc(-c2ncco2)c(=O)[nH]1. The van der Waals surface area contributed by atoms with Crippen LogP contribution in [0.15, 0.2) is 80.1 Å².